The highest BCUT2D eigenvalue weighted by molar-refractivity contribution is 9.10. The average molecular weight is 319 g/mol. The SMILES string of the molecule is Cc1cccc(C2C[C@@H](O)c3ccc(Br)cc3O2)c1. The Labute approximate surface area is 121 Å². The van der Waals surface area contributed by atoms with Crippen molar-refractivity contribution in [2.45, 2.75) is 25.6 Å². The normalized spacial score (nSPS) is 21.6. The summed E-state index contributed by atoms with van der Waals surface area (Å²) in [7, 11) is 0. The zero-order valence-corrected chi connectivity index (χ0v) is 12.2. The first-order valence-electron chi connectivity index (χ1n) is 6.34. The molecular weight excluding hydrogens is 304 g/mol. The predicted octanol–water partition coefficient (Wildman–Crippen LogP) is 4.31. The lowest BCUT2D eigenvalue weighted by Gasteiger charge is -2.30. The van der Waals surface area contributed by atoms with Crippen LogP contribution in [0.25, 0.3) is 0 Å². The van der Waals surface area contributed by atoms with Crippen LogP contribution in [0.2, 0.25) is 0 Å². The van der Waals surface area contributed by atoms with Crippen molar-refractivity contribution in [1.29, 1.82) is 0 Å². The number of hydrogen-bond acceptors (Lipinski definition) is 2. The average Bonchev–Trinajstić information content (AvgIpc) is 2.38. The van der Waals surface area contributed by atoms with Gasteiger partial charge < -0.3 is 9.84 Å². The number of aliphatic hydroxyl groups excluding tert-OH is 1. The Hall–Kier alpha value is -1.32. The molecule has 0 bridgehead atoms. The summed E-state index contributed by atoms with van der Waals surface area (Å²) in [4.78, 5) is 0. The molecule has 2 atom stereocenters. The van der Waals surface area contributed by atoms with Gasteiger partial charge in [0, 0.05) is 16.5 Å². The molecule has 98 valence electrons. The van der Waals surface area contributed by atoms with Gasteiger partial charge in [-0.2, -0.15) is 0 Å². The van der Waals surface area contributed by atoms with Gasteiger partial charge in [0.2, 0.25) is 0 Å². The minimum absolute atomic E-state index is 0.0864. The predicted molar refractivity (Wildman–Crippen MR) is 78.3 cm³/mol. The molecule has 3 rings (SSSR count). The van der Waals surface area contributed by atoms with Crippen LogP contribution in [-0.4, -0.2) is 5.11 Å². The summed E-state index contributed by atoms with van der Waals surface area (Å²) in [6.07, 6.45) is 0.0389. The van der Waals surface area contributed by atoms with Crippen LogP contribution in [0.3, 0.4) is 0 Å². The summed E-state index contributed by atoms with van der Waals surface area (Å²) in [6.45, 7) is 2.06. The molecule has 0 amide bonds. The number of fused-ring (bicyclic) bond motifs is 1. The molecule has 1 unspecified atom stereocenters. The van der Waals surface area contributed by atoms with Crippen LogP contribution in [0.1, 0.15) is 35.3 Å². The van der Waals surface area contributed by atoms with E-state index in [1.165, 1.54) is 5.56 Å². The van der Waals surface area contributed by atoms with E-state index >= 15 is 0 Å². The van der Waals surface area contributed by atoms with Crippen molar-refractivity contribution in [3.8, 4) is 5.75 Å². The molecule has 0 radical (unpaired) electrons. The third-order valence-corrected chi connectivity index (χ3v) is 3.95. The number of hydrogen-bond donors (Lipinski definition) is 1. The Bertz CT molecular complexity index is 609. The van der Waals surface area contributed by atoms with Crippen molar-refractivity contribution in [1.82, 2.24) is 0 Å². The van der Waals surface area contributed by atoms with E-state index in [1.54, 1.807) is 0 Å². The quantitative estimate of drug-likeness (QED) is 0.848. The Morgan fingerprint density at radius 3 is 2.84 bits per heavy atom. The second-order valence-electron chi connectivity index (χ2n) is 4.95. The smallest absolute Gasteiger partial charge is 0.127 e. The fraction of sp³-hybridized carbons (Fsp3) is 0.250. The molecular formula is C16H15BrO2. The van der Waals surface area contributed by atoms with E-state index in [-0.39, 0.29) is 6.10 Å². The van der Waals surface area contributed by atoms with E-state index in [9.17, 15) is 5.11 Å². The minimum atomic E-state index is -0.470. The summed E-state index contributed by atoms with van der Waals surface area (Å²) >= 11 is 3.44. The van der Waals surface area contributed by atoms with Crippen LogP contribution in [0, 0.1) is 6.92 Å². The lowest BCUT2D eigenvalue weighted by atomic mass is 9.94. The van der Waals surface area contributed by atoms with Gasteiger partial charge in [0.1, 0.15) is 11.9 Å². The maximum atomic E-state index is 10.3. The van der Waals surface area contributed by atoms with Crippen LogP contribution in [-0.2, 0) is 0 Å². The van der Waals surface area contributed by atoms with Gasteiger partial charge in [-0.25, -0.2) is 0 Å². The van der Waals surface area contributed by atoms with Gasteiger partial charge in [-0.05, 0) is 24.6 Å². The number of rotatable bonds is 1. The molecule has 0 saturated heterocycles. The summed E-state index contributed by atoms with van der Waals surface area (Å²) in [6, 6.07) is 14.0. The van der Waals surface area contributed by atoms with Gasteiger partial charge in [0.05, 0.1) is 6.10 Å². The van der Waals surface area contributed by atoms with Crippen molar-refractivity contribution in [3.05, 3.63) is 63.6 Å². The van der Waals surface area contributed by atoms with Crippen molar-refractivity contribution in [2.75, 3.05) is 0 Å². The minimum Gasteiger partial charge on any atom is -0.485 e. The second kappa shape index (κ2) is 4.99. The van der Waals surface area contributed by atoms with Gasteiger partial charge in [0.15, 0.2) is 0 Å². The van der Waals surface area contributed by atoms with E-state index in [0.29, 0.717) is 6.42 Å². The fourth-order valence-electron chi connectivity index (χ4n) is 2.49. The molecule has 2 nitrogen and oxygen atoms in total. The monoisotopic (exact) mass is 318 g/mol. The molecule has 1 aliphatic heterocycles. The molecule has 1 N–H and O–H groups in total. The lowest BCUT2D eigenvalue weighted by molar-refractivity contribution is 0.0656. The third kappa shape index (κ3) is 2.53. The highest BCUT2D eigenvalue weighted by Gasteiger charge is 2.28. The summed E-state index contributed by atoms with van der Waals surface area (Å²) in [5.41, 5.74) is 3.19. The zero-order chi connectivity index (χ0) is 13.4. The number of aliphatic hydroxyl groups is 1. The van der Waals surface area contributed by atoms with Crippen LogP contribution in [0.5, 0.6) is 5.75 Å². The molecule has 0 aromatic heterocycles. The molecule has 2 aromatic carbocycles. The van der Waals surface area contributed by atoms with Gasteiger partial charge in [0.25, 0.3) is 0 Å². The van der Waals surface area contributed by atoms with Crippen molar-refractivity contribution in [3.63, 3.8) is 0 Å². The Kier molecular flexibility index (Phi) is 3.33. The first-order valence-corrected chi connectivity index (χ1v) is 7.13. The molecule has 2 aromatic rings. The van der Waals surface area contributed by atoms with Gasteiger partial charge in [-0.1, -0.05) is 51.8 Å². The largest absolute Gasteiger partial charge is 0.485 e. The van der Waals surface area contributed by atoms with E-state index in [4.69, 9.17) is 4.74 Å². The first-order chi connectivity index (χ1) is 9.13. The number of ether oxygens (including phenoxy) is 1. The Morgan fingerprint density at radius 2 is 2.05 bits per heavy atom. The van der Waals surface area contributed by atoms with E-state index in [1.807, 2.05) is 30.3 Å². The number of aryl methyl sites for hydroxylation is 1. The van der Waals surface area contributed by atoms with Crippen LogP contribution in [0.4, 0.5) is 0 Å². The Balaban J connectivity index is 1.96. The lowest BCUT2D eigenvalue weighted by Crippen LogP contribution is -2.19. The molecule has 0 aliphatic carbocycles. The van der Waals surface area contributed by atoms with E-state index in [0.717, 1.165) is 21.3 Å². The number of halogens is 1. The first kappa shape index (κ1) is 12.7. The van der Waals surface area contributed by atoms with Gasteiger partial charge in [-0.15, -0.1) is 0 Å². The van der Waals surface area contributed by atoms with Crippen molar-refractivity contribution < 1.29 is 9.84 Å². The van der Waals surface area contributed by atoms with E-state index < -0.39 is 6.10 Å². The highest BCUT2D eigenvalue weighted by atomic mass is 79.9. The summed E-state index contributed by atoms with van der Waals surface area (Å²) in [5, 5.41) is 10.3. The molecule has 1 heterocycles. The molecule has 1 aliphatic rings. The number of benzene rings is 2. The third-order valence-electron chi connectivity index (χ3n) is 3.46. The molecule has 3 heteroatoms. The van der Waals surface area contributed by atoms with Crippen LogP contribution < -0.4 is 4.74 Å². The van der Waals surface area contributed by atoms with Crippen molar-refractivity contribution >= 4 is 15.9 Å². The molecule has 0 saturated carbocycles. The maximum Gasteiger partial charge on any atom is 0.127 e. The fourth-order valence-corrected chi connectivity index (χ4v) is 2.83. The van der Waals surface area contributed by atoms with Gasteiger partial charge >= 0.3 is 0 Å². The van der Waals surface area contributed by atoms with E-state index in [2.05, 4.69) is 35.0 Å². The van der Waals surface area contributed by atoms with Crippen LogP contribution in [0.15, 0.2) is 46.9 Å². The van der Waals surface area contributed by atoms with Gasteiger partial charge in [-0.3, -0.25) is 0 Å². The summed E-state index contributed by atoms with van der Waals surface area (Å²) in [5.74, 6) is 0.764. The Morgan fingerprint density at radius 1 is 1.21 bits per heavy atom. The highest BCUT2D eigenvalue weighted by Crippen LogP contribution is 2.41. The van der Waals surface area contributed by atoms with Crippen molar-refractivity contribution in [2.24, 2.45) is 0 Å². The summed E-state index contributed by atoms with van der Waals surface area (Å²) < 4.78 is 7.00. The standard InChI is InChI=1S/C16H15BrO2/c1-10-3-2-4-11(7-10)15-9-14(18)13-6-5-12(17)8-16(13)19-15/h2-8,14-15,18H,9H2,1H3/t14-,15?/m1/s1. The zero-order valence-electron chi connectivity index (χ0n) is 10.6. The topological polar surface area (TPSA) is 29.5 Å². The molecule has 0 spiro atoms. The second-order valence-corrected chi connectivity index (χ2v) is 5.87. The molecule has 19 heavy (non-hydrogen) atoms. The maximum absolute atomic E-state index is 10.3. The molecule has 0 fully saturated rings. The van der Waals surface area contributed by atoms with Crippen LogP contribution >= 0.6 is 15.9 Å².